The van der Waals surface area contributed by atoms with Crippen molar-refractivity contribution in [2.24, 2.45) is 9.98 Å². The third-order valence-electron chi connectivity index (χ3n) is 8.65. The number of alkyl halides is 3. The first-order chi connectivity index (χ1) is 19.1. The van der Waals surface area contributed by atoms with Gasteiger partial charge >= 0.3 is 6.61 Å². The Hall–Kier alpha value is -2.53. The number of halogens is 3. The number of hydrogen-bond acceptors (Lipinski definition) is 8. The maximum absolute atomic E-state index is 14.9. The molecule has 4 aliphatic rings. The van der Waals surface area contributed by atoms with Crippen molar-refractivity contribution in [3.63, 3.8) is 0 Å². The highest BCUT2D eigenvalue weighted by atomic mass is 19.3. The van der Waals surface area contributed by atoms with Crippen LogP contribution in [0.25, 0.3) is 0 Å². The highest BCUT2D eigenvalue weighted by Gasteiger charge is 2.43. The van der Waals surface area contributed by atoms with Crippen LogP contribution in [0.2, 0.25) is 0 Å². The van der Waals surface area contributed by atoms with Gasteiger partial charge in [-0.25, -0.2) is 9.38 Å². The molecule has 4 aliphatic heterocycles. The van der Waals surface area contributed by atoms with Crippen molar-refractivity contribution >= 4 is 17.5 Å². The summed E-state index contributed by atoms with van der Waals surface area (Å²) in [6.45, 7) is 8.69. The molecular weight excluding hydrogens is 521 g/mol. The van der Waals surface area contributed by atoms with E-state index < -0.39 is 12.8 Å². The molecule has 5 rings (SSSR count). The summed E-state index contributed by atoms with van der Waals surface area (Å²) < 4.78 is 52.3. The van der Waals surface area contributed by atoms with Crippen molar-refractivity contribution in [3.8, 4) is 11.5 Å². The molecule has 0 saturated carbocycles. The summed E-state index contributed by atoms with van der Waals surface area (Å²) in [7, 11) is 0. The lowest BCUT2D eigenvalue weighted by molar-refractivity contribution is -0.0525. The van der Waals surface area contributed by atoms with E-state index in [1.807, 2.05) is 0 Å². The van der Waals surface area contributed by atoms with E-state index in [1.165, 1.54) is 18.9 Å². The highest BCUT2D eigenvalue weighted by molar-refractivity contribution is 6.05. The Kier molecular flexibility index (Phi) is 8.80. The van der Waals surface area contributed by atoms with E-state index in [-0.39, 0.29) is 47.5 Å². The van der Waals surface area contributed by atoms with Crippen LogP contribution in [0.5, 0.6) is 11.5 Å². The number of nitrogens with one attached hydrogen (secondary N) is 2. The van der Waals surface area contributed by atoms with Crippen molar-refractivity contribution in [2.75, 3.05) is 31.5 Å². The van der Waals surface area contributed by atoms with Crippen LogP contribution >= 0.6 is 0 Å². The average molecular weight is 565 g/mol. The number of ether oxygens (including phenoxy) is 2. The molecule has 0 spiro atoms. The molecule has 11 heteroatoms. The number of amidine groups is 1. The number of hydrogen-bond donors (Lipinski definition) is 2. The molecule has 1 aromatic rings. The largest absolute Gasteiger partial charge is 0.486 e. The van der Waals surface area contributed by atoms with E-state index in [0.717, 1.165) is 45.3 Å². The number of likely N-dealkylation sites (tertiary alicyclic amines) is 1. The van der Waals surface area contributed by atoms with Crippen LogP contribution in [0, 0.1) is 0 Å². The van der Waals surface area contributed by atoms with E-state index in [0.29, 0.717) is 17.8 Å². The Labute approximate surface area is 235 Å². The van der Waals surface area contributed by atoms with Crippen molar-refractivity contribution in [1.29, 1.82) is 0 Å². The van der Waals surface area contributed by atoms with Gasteiger partial charge in [0.15, 0.2) is 17.7 Å². The summed E-state index contributed by atoms with van der Waals surface area (Å²) in [5, 5.41) is 6.42. The molecule has 8 nitrogen and oxygen atoms in total. The Morgan fingerprint density at radius 1 is 1.07 bits per heavy atom. The van der Waals surface area contributed by atoms with Gasteiger partial charge in [0.05, 0.1) is 6.54 Å². The van der Waals surface area contributed by atoms with Gasteiger partial charge in [0.2, 0.25) is 5.96 Å². The van der Waals surface area contributed by atoms with E-state index in [2.05, 4.69) is 58.1 Å². The highest BCUT2D eigenvalue weighted by Crippen LogP contribution is 2.38. The Morgan fingerprint density at radius 2 is 1.85 bits per heavy atom. The lowest BCUT2D eigenvalue weighted by Crippen LogP contribution is -2.58. The number of fused-ring (bicyclic) bond motifs is 1. The monoisotopic (exact) mass is 564 g/mol. The van der Waals surface area contributed by atoms with Crippen LogP contribution in [0.1, 0.15) is 66.2 Å². The van der Waals surface area contributed by atoms with Crippen LogP contribution in [-0.4, -0.2) is 90.3 Å². The molecule has 4 heterocycles. The zero-order valence-electron chi connectivity index (χ0n) is 24.0. The van der Waals surface area contributed by atoms with Gasteiger partial charge in [0.1, 0.15) is 11.9 Å². The van der Waals surface area contributed by atoms with E-state index >= 15 is 0 Å². The predicted octanol–water partition coefficient (Wildman–Crippen LogP) is 5.05. The molecule has 3 atom stereocenters. The predicted molar refractivity (Wildman–Crippen MR) is 152 cm³/mol. The normalized spacial score (nSPS) is 27.8. The van der Waals surface area contributed by atoms with Crippen LogP contribution < -0.4 is 20.1 Å². The van der Waals surface area contributed by atoms with Gasteiger partial charge in [-0.05, 0) is 84.9 Å². The lowest BCUT2D eigenvalue weighted by atomic mass is 9.83. The molecule has 3 saturated heterocycles. The summed E-state index contributed by atoms with van der Waals surface area (Å²) in [4.78, 5) is 13.6. The second-order valence-corrected chi connectivity index (χ2v) is 12.3. The SMILES string of the molecule is CC(C)N1CCC(Oc2ccc(NC3=NCC(F)C(NC4CC5CCCN5C(C)(C)C4)=N3)cc2OC(F)F)CC1. The number of nitrogens with zero attached hydrogens (tertiary/aromatic N) is 4. The minimum atomic E-state index is -3.00. The summed E-state index contributed by atoms with van der Waals surface area (Å²) in [5.74, 6) is 0.710. The standard InChI is InChI=1S/C29H43F3N6O2/c1-18(2)37-12-9-22(10-13-37)39-24-8-7-19(15-25(24)40-27(31)32)35-28-33-17-23(30)26(36-28)34-20-14-21-6-5-11-38(21)29(3,4)16-20/h7-8,15,18,20-23,27H,5-6,9-14,16-17H2,1-4H3,(H2,33,34,35,36). The summed E-state index contributed by atoms with van der Waals surface area (Å²) in [6, 6.07) is 5.88. The molecular formula is C29H43F3N6O2. The molecule has 1 aromatic carbocycles. The van der Waals surface area contributed by atoms with Crippen molar-refractivity contribution in [2.45, 2.75) is 109 Å². The third-order valence-corrected chi connectivity index (χ3v) is 8.65. The molecule has 0 aromatic heterocycles. The quantitative estimate of drug-likeness (QED) is 0.483. The number of piperidine rings is 2. The number of anilines is 1. The second kappa shape index (κ2) is 12.1. The van der Waals surface area contributed by atoms with E-state index in [9.17, 15) is 13.2 Å². The van der Waals surface area contributed by atoms with Gasteiger partial charge < -0.3 is 25.0 Å². The molecule has 222 valence electrons. The minimum Gasteiger partial charge on any atom is -0.486 e. The number of guanidine groups is 1. The van der Waals surface area contributed by atoms with Gasteiger partial charge in [-0.1, -0.05) is 0 Å². The zero-order chi connectivity index (χ0) is 28.4. The van der Waals surface area contributed by atoms with Gasteiger partial charge in [0.25, 0.3) is 0 Å². The smallest absolute Gasteiger partial charge is 0.387 e. The fourth-order valence-corrected chi connectivity index (χ4v) is 6.68. The van der Waals surface area contributed by atoms with Crippen LogP contribution in [0.4, 0.5) is 18.9 Å². The van der Waals surface area contributed by atoms with Crippen molar-refractivity contribution < 1.29 is 22.6 Å². The third kappa shape index (κ3) is 6.84. The topological polar surface area (TPSA) is 73.7 Å². The van der Waals surface area contributed by atoms with Crippen molar-refractivity contribution in [3.05, 3.63) is 18.2 Å². The van der Waals surface area contributed by atoms with Crippen LogP contribution in [-0.2, 0) is 0 Å². The van der Waals surface area contributed by atoms with E-state index in [1.54, 1.807) is 12.1 Å². The van der Waals surface area contributed by atoms with Gasteiger partial charge in [0, 0.05) is 48.5 Å². The Morgan fingerprint density at radius 3 is 2.58 bits per heavy atom. The summed E-state index contributed by atoms with van der Waals surface area (Å²) >= 11 is 0. The Bertz CT molecular complexity index is 1090. The lowest BCUT2D eigenvalue weighted by Gasteiger charge is -2.48. The molecule has 0 bridgehead atoms. The first-order valence-electron chi connectivity index (χ1n) is 14.6. The van der Waals surface area contributed by atoms with Gasteiger partial charge in [-0.2, -0.15) is 13.8 Å². The summed E-state index contributed by atoms with van der Waals surface area (Å²) in [6.07, 6.45) is 4.48. The zero-order valence-corrected chi connectivity index (χ0v) is 24.0. The van der Waals surface area contributed by atoms with Gasteiger partial charge in [-0.15, -0.1) is 0 Å². The molecule has 0 radical (unpaired) electrons. The maximum Gasteiger partial charge on any atom is 0.387 e. The fraction of sp³-hybridized carbons (Fsp3) is 0.724. The number of rotatable bonds is 7. The molecule has 2 N–H and O–H groups in total. The molecule has 3 fully saturated rings. The number of aliphatic imine (C=N–C) groups is 2. The van der Waals surface area contributed by atoms with E-state index in [4.69, 9.17) is 9.47 Å². The first kappa shape index (κ1) is 29.0. The fourth-order valence-electron chi connectivity index (χ4n) is 6.68. The average Bonchev–Trinajstić information content (AvgIpc) is 3.37. The molecule has 3 unspecified atom stereocenters. The van der Waals surface area contributed by atoms with Crippen LogP contribution in [0.3, 0.4) is 0 Å². The number of benzene rings is 1. The van der Waals surface area contributed by atoms with Crippen molar-refractivity contribution in [1.82, 2.24) is 15.1 Å². The summed E-state index contributed by atoms with van der Waals surface area (Å²) in [5.41, 5.74) is 0.501. The molecule has 0 aliphatic carbocycles. The minimum absolute atomic E-state index is 0.0453. The first-order valence-corrected chi connectivity index (χ1v) is 14.6. The molecule has 40 heavy (non-hydrogen) atoms. The maximum atomic E-state index is 14.9. The second-order valence-electron chi connectivity index (χ2n) is 12.3. The van der Waals surface area contributed by atoms with Gasteiger partial charge in [-0.3, -0.25) is 4.90 Å². The van der Waals surface area contributed by atoms with Crippen LogP contribution in [0.15, 0.2) is 28.2 Å². The molecule has 0 amide bonds. The Balaban J connectivity index is 1.24.